The molecule has 1 fully saturated rings. The van der Waals surface area contributed by atoms with Gasteiger partial charge in [0.25, 0.3) is 5.92 Å². The lowest BCUT2D eigenvalue weighted by atomic mass is 10.0. The topological polar surface area (TPSA) is 9.23 Å². The van der Waals surface area contributed by atoms with Crippen LogP contribution >= 0.6 is 0 Å². The molecular formula is C12H14F2O. The van der Waals surface area contributed by atoms with Crippen LogP contribution in [0.4, 0.5) is 8.78 Å². The van der Waals surface area contributed by atoms with Crippen molar-refractivity contribution in [1.29, 1.82) is 0 Å². The number of alkyl halides is 2. The molecule has 2 rings (SSSR count). The molecule has 1 aromatic rings. The summed E-state index contributed by atoms with van der Waals surface area (Å²) in [5.41, 5.74) is 0.874. The molecule has 3 heteroatoms. The number of methoxy groups -OCH3 is 1. The predicted octanol–water partition coefficient (Wildman–Crippen LogP) is 3.51. The summed E-state index contributed by atoms with van der Waals surface area (Å²) in [6.45, 7) is 1.78. The summed E-state index contributed by atoms with van der Waals surface area (Å²) in [7, 11) is 1.54. The lowest BCUT2D eigenvalue weighted by Gasteiger charge is -2.17. The standard InChI is InChI=1S/C12H14F2O/c1-8-7-10(5-6-11(8)15-2)12(13,14)9-3-4-9/h5-7,9H,3-4H2,1-2H3. The Labute approximate surface area is 88.1 Å². The van der Waals surface area contributed by atoms with Crippen molar-refractivity contribution in [1.82, 2.24) is 0 Å². The molecule has 1 nitrogen and oxygen atoms in total. The molecule has 0 aromatic heterocycles. The van der Waals surface area contributed by atoms with Crippen molar-refractivity contribution in [3.8, 4) is 5.75 Å². The first-order valence-electron chi connectivity index (χ1n) is 5.08. The van der Waals surface area contributed by atoms with E-state index in [1.807, 2.05) is 0 Å². The van der Waals surface area contributed by atoms with E-state index in [0.29, 0.717) is 18.6 Å². The first kappa shape index (κ1) is 10.4. The van der Waals surface area contributed by atoms with Gasteiger partial charge in [0.05, 0.1) is 7.11 Å². The molecule has 0 bridgehead atoms. The molecule has 0 heterocycles. The van der Waals surface area contributed by atoms with Gasteiger partial charge in [-0.1, -0.05) is 0 Å². The monoisotopic (exact) mass is 212 g/mol. The third-order valence-corrected chi connectivity index (χ3v) is 2.87. The zero-order valence-corrected chi connectivity index (χ0v) is 8.89. The van der Waals surface area contributed by atoms with Crippen molar-refractivity contribution >= 4 is 0 Å². The van der Waals surface area contributed by atoms with Gasteiger partial charge in [-0.15, -0.1) is 0 Å². The van der Waals surface area contributed by atoms with Crippen molar-refractivity contribution in [2.24, 2.45) is 5.92 Å². The summed E-state index contributed by atoms with van der Waals surface area (Å²) < 4.78 is 32.5. The summed E-state index contributed by atoms with van der Waals surface area (Å²) >= 11 is 0. The molecule has 15 heavy (non-hydrogen) atoms. The molecule has 1 aromatic carbocycles. The average Bonchev–Trinajstić information content (AvgIpc) is 3.00. The summed E-state index contributed by atoms with van der Waals surface area (Å²) in [5.74, 6) is -2.47. The summed E-state index contributed by atoms with van der Waals surface area (Å²) in [5, 5.41) is 0. The Morgan fingerprint density at radius 1 is 1.33 bits per heavy atom. The van der Waals surface area contributed by atoms with Gasteiger partial charge in [-0.25, -0.2) is 8.78 Å². The minimum atomic E-state index is -2.67. The van der Waals surface area contributed by atoms with Crippen LogP contribution in [0.1, 0.15) is 24.0 Å². The van der Waals surface area contributed by atoms with Gasteiger partial charge in [0, 0.05) is 11.5 Å². The molecule has 1 aliphatic carbocycles. The fraction of sp³-hybridized carbons (Fsp3) is 0.500. The minimum Gasteiger partial charge on any atom is -0.496 e. The van der Waals surface area contributed by atoms with Crippen LogP contribution in [0, 0.1) is 12.8 Å². The van der Waals surface area contributed by atoms with Crippen molar-refractivity contribution in [2.75, 3.05) is 7.11 Å². The normalized spacial score (nSPS) is 16.5. The zero-order chi connectivity index (χ0) is 11.1. The van der Waals surface area contributed by atoms with Gasteiger partial charge in [-0.05, 0) is 43.5 Å². The van der Waals surface area contributed by atoms with Crippen LogP contribution in [-0.4, -0.2) is 7.11 Å². The Morgan fingerprint density at radius 3 is 2.47 bits per heavy atom. The number of rotatable bonds is 3. The van der Waals surface area contributed by atoms with E-state index >= 15 is 0 Å². The van der Waals surface area contributed by atoms with E-state index in [-0.39, 0.29) is 5.56 Å². The molecule has 0 saturated heterocycles. The predicted molar refractivity (Wildman–Crippen MR) is 54.3 cm³/mol. The molecule has 0 spiro atoms. The summed E-state index contributed by atoms with van der Waals surface area (Å²) in [4.78, 5) is 0. The Kier molecular flexibility index (Phi) is 2.41. The van der Waals surface area contributed by atoms with E-state index in [9.17, 15) is 8.78 Å². The first-order chi connectivity index (χ1) is 7.05. The summed E-state index contributed by atoms with van der Waals surface area (Å²) in [6, 6.07) is 4.60. The van der Waals surface area contributed by atoms with Crippen LogP contribution in [0.2, 0.25) is 0 Å². The number of halogens is 2. The Balaban J connectivity index is 2.32. The fourth-order valence-electron chi connectivity index (χ4n) is 1.77. The molecule has 1 saturated carbocycles. The molecule has 0 radical (unpaired) electrons. The lowest BCUT2D eigenvalue weighted by Crippen LogP contribution is -2.16. The molecule has 82 valence electrons. The van der Waals surface area contributed by atoms with Gasteiger partial charge in [0.2, 0.25) is 0 Å². The third-order valence-electron chi connectivity index (χ3n) is 2.87. The maximum atomic E-state index is 13.7. The fourth-order valence-corrected chi connectivity index (χ4v) is 1.77. The Hall–Kier alpha value is -1.12. The maximum Gasteiger partial charge on any atom is 0.276 e. The van der Waals surface area contributed by atoms with Gasteiger partial charge in [0.1, 0.15) is 5.75 Å². The van der Waals surface area contributed by atoms with Crippen molar-refractivity contribution in [3.05, 3.63) is 29.3 Å². The quantitative estimate of drug-likeness (QED) is 0.745. The van der Waals surface area contributed by atoms with Crippen LogP contribution in [-0.2, 0) is 5.92 Å². The highest BCUT2D eigenvalue weighted by Gasteiger charge is 2.47. The molecule has 0 aliphatic heterocycles. The number of ether oxygens (including phenoxy) is 1. The van der Waals surface area contributed by atoms with E-state index in [2.05, 4.69) is 0 Å². The number of hydrogen-bond acceptors (Lipinski definition) is 1. The van der Waals surface area contributed by atoms with Gasteiger partial charge in [0.15, 0.2) is 0 Å². The van der Waals surface area contributed by atoms with E-state index < -0.39 is 11.8 Å². The molecule has 1 aliphatic rings. The minimum absolute atomic E-state index is 0.114. The zero-order valence-electron chi connectivity index (χ0n) is 8.89. The first-order valence-corrected chi connectivity index (χ1v) is 5.08. The van der Waals surface area contributed by atoms with Crippen LogP contribution in [0.15, 0.2) is 18.2 Å². The Morgan fingerprint density at radius 2 is 2.00 bits per heavy atom. The van der Waals surface area contributed by atoms with E-state index in [1.165, 1.54) is 12.1 Å². The summed E-state index contributed by atoms with van der Waals surface area (Å²) in [6.07, 6.45) is 1.27. The molecular weight excluding hydrogens is 198 g/mol. The van der Waals surface area contributed by atoms with Gasteiger partial charge >= 0.3 is 0 Å². The highest BCUT2D eigenvalue weighted by molar-refractivity contribution is 5.38. The smallest absolute Gasteiger partial charge is 0.276 e. The van der Waals surface area contributed by atoms with E-state index in [0.717, 1.165) is 5.56 Å². The van der Waals surface area contributed by atoms with Crippen molar-refractivity contribution in [3.63, 3.8) is 0 Å². The second-order valence-electron chi connectivity index (χ2n) is 4.08. The highest BCUT2D eigenvalue weighted by Crippen LogP contribution is 2.50. The second-order valence-corrected chi connectivity index (χ2v) is 4.08. The maximum absolute atomic E-state index is 13.7. The van der Waals surface area contributed by atoms with Crippen LogP contribution in [0.25, 0.3) is 0 Å². The van der Waals surface area contributed by atoms with Gasteiger partial charge < -0.3 is 4.74 Å². The molecule has 0 unspecified atom stereocenters. The number of hydrogen-bond donors (Lipinski definition) is 0. The van der Waals surface area contributed by atoms with Crippen LogP contribution in [0.5, 0.6) is 5.75 Å². The van der Waals surface area contributed by atoms with Crippen LogP contribution in [0.3, 0.4) is 0 Å². The molecule has 0 N–H and O–H groups in total. The highest BCUT2D eigenvalue weighted by atomic mass is 19.3. The SMILES string of the molecule is COc1ccc(C(F)(F)C2CC2)cc1C. The molecule has 0 amide bonds. The van der Waals surface area contributed by atoms with E-state index in [4.69, 9.17) is 4.74 Å². The van der Waals surface area contributed by atoms with E-state index in [1.54, 1.807) is 20.1 Å². The Bertz CT molecular complexity index is 370. The number of aryl methyl sites for hydroxylation is 1. The lowest BCUT2D eigenvalue weighted by molar-refractivity contribution is -0.0286. The second kappa shape index (κ2) is 3.47. The number of benzene rings is 1. The third kappa shape index (κ3) is 1.83. The average molecular weight is 212 g/mol. The van der Waals surface area contributed by atoms with Crippen molar-refractivity contribution in [2.45, 2.75) is 25.7 Å². The molecule has 0 atom stereocenters. The van der Waals surface area contributed by atoms with Gasteiger partial charge in [-0.3, -0.25) is 0 Å². The largest absolute Gasteiger partial charge is 0.496 e. The van der Waals surface area contributed by atoms with Crippen molar-refractivity contribution < 1.29 is 13.5 Å². The van der Waals surface area contributed by atoms with Gasteiger partial charge in [-0.2, -0.15) is 0 Å². The van der Waals surface area contributed by atoms with Crippen LogP contribution < -0.4 is 4.74 Å².